The van der Waals surface area contributed by atoms with E-state index in [4.69, 9.17) is 9.47 Å². The van der Waals surface area contributed by atoms with E-state index in [1.807, 2.05) is 0 Å². The lowest BCUT2D eigenvalue weighted by Crippen LogP contribution is -2.44. The minimum Gasteiger partial charge on any atom is -0.486 e. The number of hydrogen-bond donors (Lipinski definition) is 1. The van der Waals surface area contributed by atoms with Crippen LogP contribution >= 0.6 is 0 Å². The number of nitrogens with zero attached hydrogens (tertiary/aromatic N) is 1. The van der Waals surface area contributed by atoms with Crippen molar-refractivity contribution in [3.05, 3.63) is 17.2 Å². The maximum atomic E-state index is 6.01. The summed E-state index contributed by atoms with van der Waals surface area (Å²) in [5, 5.41) is 3.41. The molecular weight excluding hydrogens is 252 g/mol. The molecule has 2 aliphatic rings. The van der Waals surface area contributed by atoms with E-state index in [-0.39, 0.29) is 0 Å². The number of benzene rings is 1. The second kappa shape index (κ2) is 5.92. The van der Waals surface area contributed by atoms with Crippen molar-refractivity contribution >= 4 is 5.69 Å². The fraction of sp³-hybridized carbons (Fsp3) is 0.625. The summed E-state index contributed by atoms with van der Waals surface area (Å²) in [5.41, 5.74) is 3.92. The molecular formula is C16H24N2O2. The molecule has 4 nitrogen and oxygen atoms in total. The van der Waals surface area contributed by atoms with Crippen LogP contribution in [0.1, 0.15) is 25.0 Å². The molecule has 0 unspecified atom stereocenters. The molecule has 2 aliphatic heterocycles. The van der Waals surface area contributed by atoms with Gasteiger partial charge in [0.05, 0.1) is 5.69 Å². The Hall–Kier alpha value is -1.42. The van der Waals surface area contributed by atoms with Crippen LogP contribution in [0, 0.1) is 0 Å². The second-order valence-electron chi connectivity index (χ2n) is 5.34. The molecule has 0 saturated carbocycles. The molecule has 0 aromatic heterocycles. The summed E-state index contributed by atoms with van der Waals surface area (Å²) < 4.78 is 11.9. The smallest absolute Gasteiger partial charge is 0.185 e. The first-order valence-electron chi connectivity index (χ1n) is 7.75. The highest BCUT2D eigenvalue weighted by Crippen LogP contribution is 2.45. The predicted octanol–water partition coefficient (Wildman–Crippen LogP) is 1.99. The largest absolute Gasteiger partial charge is 0.486 e. The SMILES string of the molecule is CCc1cc(CC)c(N2CCNCC2)c2c1OCCO2. The summed E-state index contributed by atoms with van der Waals surface area (Å²) in [7, 11) is 0. The molecule has 1 aromatic carbocycles. The van der Waals surface area contributed by atoms with Crippen LogP contribution in [0.4, 0.5) is 5.69 Å². The number of fused-ring (bicyclic) bond motifs is 1. The standard InChI is InChI=1S/C16H24N2O2/c1-3-12-11-13(4-2)15-16(20-10-9-19-15)14(12)18-7-5-17-6-8-18/h11,17H,3-10H2,1-2H3. The van der Waals surface area contributed by atoms with Crippen molar-refractivity contribution in [2.45, 2.75) is 26.7 Å². The van der Waals surface area contributed by atoms with Gasteiger partial charge in [0.2, 0.25) is 0 Å². The molecule has 2 heterocycles. The minimum atomic E-state index is 0.655. The second-order valence-corrected chi connectivity index (χ2v) is 5.34. The zero-order valence-corrected chi connectivity index (χ0v) is 12.5. The Morgan fingerprint density at radius 2 is 1.65 bits per heavy atom. The zero-order valence-electron chi connectivity index (χ0n) is 12.5. The number of rotatable bonds is 3. The highest BCUT2D eigenvalue weighted by atomic mass is 16.6. The Morgan fingerprint density at radius 1 is 1.00 bits per heavy atom. The van der Waals surface area contributed by atoms with E-state index >= 15 is 0 Å². The fourth-order valence-corrected chi connectivity index (χ4v) is 3.09. The molecule has 20 heavy (non-hydrogen) atoms. The maximum absolute atomic E-state index is 6.01. The third-order valence-electron chi connectivity index (χ3n) is 4.14. The summed E-state index contributed by atoms with van der Waals surface area (Å²) in [6.45, 7) is 9.86. The van der Waals surface area contributed by atoms with Gasteiger partial charge in [0.1, 0.15) is 13.2 Å². The quantitative estimate of drug-likeness (QED) is 0.915. The Bertz CT molecular complexity index is 482. The lowest BCUT2D eigenvalue weighted by Gasteiger charge is -2.35. The Kier molecular flexibility index (Phi) is 4.01. The number of aryl methyl sites for hydroxylation is 2. The van der Waals surface area contributed by atoms with Crippen molar-refractivity contribution < 1.29 is 9.47 Å². The average Bonchev–Trinajstić information content (AvgIpc) is 2.54. The maximum Gasteiger partial charge on any atom is 0.185 e. The molecule has 1 N–H and O–H groups in total. The summed E-state index contributed by atoms with van der Waals surface area (Å²) >= 11 is 0. The van der Waals surface area contributed by atoms with Crippen LogP contribution in [0.25, 0.3) is 0 Å². The summed E-state index contributed by atoms with van der Waals surface area (Å²) in [5.74, 6) is 1.96. The van der Waals surface area contributed by atoms with E-state index in [0.29, 0.717) is 13.2 Å². The number of nitrogens with one attached hydrogen (secondary N) is 1. The van der Waals surface area contributed by atoms with E-state index < -0.39 is 0 Å². The lowest BCUT2D eigenvalue weighted by molar-refractivity contribution is 0.170. The van der Waals surface area contributed by atoms with Gasteiger partial charge in [-0.25, -0.2) is 0 Å². The first-order chi connectivity index (χ1) is 9.85. The molecule has 0 radical (unpaired) electrons. The first kappa shape index (κ1) is 13.6. The molecule has 0 bridgehead atoms. The fourth-order valence-electron chi connectivity index (χ4n) is 3.09. The van der Waals surface area contributed by atoms with Gasteiger partial charge >= 0.3 is 0 Å². The van der Waals surface area contributed by atoms with Crippen LogP contribution in [-0.2, 0) is 12.8 Å². The average molecular weight is 276 g/mol. The lowest BCUT2D eigenvalue weighted by atomic mass is 10.0. The number of piperazine rings is 1. The van der Waals surface area contributed by atoms with Crippen LogP contribution in [0.15, 0.2) is 6.07 Å². The van der Waals surface area contributed by atoms with Gasteiger partial charge in [-0.3, -0.25) is 0 Å². The molecule has 0 amide bonds. The summed E-state index contributed by atoms with van der Waals surface area (Å²) in [4.78, 5) is 2.45. The van der Waals surface area contributed by atoms with Crippen molar-refractivity contribution in [2.75, 3.05) is 44.3 Å². The van der Waals surface area contributed by atoms with Crippen LogP contribution in [0.2, 0.25) is 0 Å². The van der Waals surface area contributed by atoms with Gasteiger partial charge in [-0.2, -0.15) is 0 Å². The minimum absolute atomic E-state index is 0.655. The highest BCUT2D eigenvalue weighted by molar-refractivity contribution is 5.72. The topological polar surface area (TPSA) is 33.7 Å². The molecule has 0 atom stereocenters. The van der Waals surface area contributed by atoms with Crippen molar-refractivity contribution in [3.8, 4) is 11.5 Å². The van der Waals surface area contributed by atoms with Crippen LogP contribution in [0.3, 0.4) is 0 Å². The van der Waals surface area contributed by atoms with Crippen LogP contribution in [0.5, 0.6) is 11.5 Å². The molecule has 110 valence electrons. The number of hydrogen-bond acceptors (Lipinski definition) is 4. The predicted molar refractivity (Wildman–Crippen MR) is 81.3 cm³/mol. The first-order valence-corrected chi connectivity index (χ1v) is 7.75. The number of ether oxygens (including phenoxy) is 2. The van der Waals surface area contributed by atoms with Gasteiger partial charge in [-0.05, 0) is 30.0 Å². The Morgan fingerprint density at radius 3 is 2.30 bits per heavy atom. The normalized spacial score (nSPS) is 18.2. The van der Waals surface area contributed by atoms with Gasteiger partial charge < -0.3 is 19.7 Å². The van der Waals surface area contributed by atoms with Crippen molar-refractivity contribution in [3.63, 3.8) is 0 Å². The van der Waals surface area contributed by atoms with E-state index in [0.717, 1.165) is 50.5 Å². The highest BCUT2D eigenvalue weighted by Gasteiger charge is 2.26. The third-order valence-corrected chi connectivity index (χ3v) is 4.14. The Balaban J connectivity index is 2.10. The van der Waals surface area contributed by atoms with E-state index in [1.54, 1.807) is 0 Å². The van der Waals surface area contributed by atoms with E-state index in [1.165, 1.54) is 16.8 Å². The van der Waals surface area contributed by atoms with E-state index in [2.05, 4.69) is 30.1 Å². The molecule has 0 aliphatic carbocycles. The van der Waals surface area contributed by atoms with Gasteiger partial charge in [0.15, 0.2) is 11.5 Å². The van der Waals surface area contributed by atoms with Crippen molar-refractivity contribution in [1.82, 2.24) is 5.32 Å². The summed E-state index contributed by atoms with van der Waals surface area (Å²) in [6.07, 6.45) is 2.02. The summed E-state index contributed by atoms with van der Waals surface area (Å²) in [6, 6.07) is 2.31. The third kappa shape index (κ3) is 2.33. The molecule has 3 rings (SSSR count). The monoisotopic (exact) mass is 276 g/mol. The molecule has 1 saturated heterocycles. The zero-order chi connectivity index (χ0) is 13.9. The van der Waals surface area contributed by atoms with Crippen LogP contribution < -0.4 is 19.7 Å². The molecule has 1 aromatic rings. The molecule has 1 fully saturated rings. The Labute approximate surface area is 121 Å². The molecule has 4 heteroatoms. The number of anilines is 1. The van der Waals surface area contributed by atoms with Gasteiger partial charge in [0.25, 0.3) is 0 Å². The molecule has 0 spiro atoms. The van der Waals surface area contributed by atoms with Crippen LogP contribution in [-0.4, -0.2) is 39.4 Å². The van der Waals surface area contributed by atoms with Crippen molar-refractivity contribution in [2.24, 2.45) is 0 Å². The van der Waals surface area contributed by atoms with Crippen molar-refractivity contribution in [1.29, 1.82) is 0 Å². The van der Waals surface area contributed by atoms with Gasteiger partial charge in [-0.1, -0.05) is 13.8 Å². The van der Waals surface area contributed by atoms with E-state index in [9.17, 15) is 0 Å². The van der Waals surface area contributed by atoms with Gasteiger partial charge in [0, 0.05) is 26.2 Å². The van der Waals surface area contributed by atoms with Gasteiger partial charge in [-0.15, -0.1) is 0 Å².